The second-order valence-electron chi connectivity index (χ2n) is 8.09. The van der Waals surface area contributed by atoms with Crippen LogP contribution in [-0.4, -0.2) is 55.8 Å². The first kappa shape index (κ1) is 18.5. The zero-order chi connectivity index (χ0) is 16.9. The number of guanidine groups is 1. The molecular formula is C18H36N4O. The van der Waals surface area contributed by atoms with Crippen LogP contribution in [0, 0.1) is 11.3 Å². The van der Waals surface area contributed by atoms with Crippen molar-refractivity contribution in [2.24, 2.45) is 22.1 Å². The van der Waals surface area contributed by atoms with Crippen molar-refractivity contribution in [3.8, 4) is 0 Å². The Bertz CT molecular complexity index is 391. The maximum atomic E-state index is 6.09. The highest BCUT2D eigenvalue weighted by Gasteiger charge is 2.35. The first-order valence-electron chi connectivity index (χ1n) is 9.31. The minimum atomic E-state index is 0.161. The van der Waals surface area contributed by atoms with Crippen LogP contribution in [0.25, 0.3) is 0 Å². The van der Waals surface area contributed by atoms with E-state index in [1.54, 1.807) is 0 Å². The molecule has 23 heavy (non-hydrogen) atoms. The summed E-state index contributed by atoms with van der Waals surface area (Å²) in [5.74, 6) is 1.06. The zero-order valence-corrected chi connectivity index (χ0v) is 15.5. The number of nitrogens with one attached hydrogen (secondary N) is 1. The molecule has 5 nitrogen and oxygen atoms in total. The number of likely N-dealkylation sites (tertiary alicyclic amines) is 1. The van der Waals surface area contributed by atoms with Gasteiger partial charge in [-0.15, -0.1) is 0 Å². The molecule has 2 aliphatic rings. The largest absolute Gasteiger partial charge is 0.377 e. The highest BCUT2D eigenvalue weighted by Crippen LogP contribution is 2.34. The van der Waals surface area contributed by atoms with Gasteiger partial charge in [-0.05, 0) is 44.2 Å². The van der Waals surface area contributed by atoms with Crippen molar-refractivity contribution in [1.29, 1.82) is 0 Å². The van der Waals surface area contributed by atoms with Crippen LogP contribution < -0.4 is 11.1 Å². The van der Waals surface area contributed by atoms with Crippen LogP contribution in [0.3, 0.4) is 0 Å². The molecule has 2 heterocycles. The van der Waals surface area contributed by atoms with E-state index < -0.39 is 0 Å². The molecule has 5 heteroatoms. The number of aliphatic imine (C=N–C) groups is 1. The lowest BCUT2D eigenvalue weighted by molar-refractivity contribution is -0.0823. The summed E-state index contributed by atoms with van der Waals surface area (Å²) in [6.45, 7) is 13.9. The fraction of sp³-hybridized carbons (Fsp3) is 0.944. The molecule has 3 unspecified atom stereocenters. The monoisotopic (exact) mass is 324 g/mol. The minimum Gasteiger partial charge on any atom is -0.377 e. The normalized spacial score (nSPS) is 30.6. The van der Waals surface area contributed by atoms with Gasteiger partial charge < -0.3 is 15.8 Å². The summed E-state index contributed by atoms with van der Waals surface area (Å²) in [4.78, 5) is 7.13. The molecular weight excluding hydrogens is 288 g/mol. The molecule has 0 aliphatic carbocycles. The van der Waals surface area contributed by atoms with Crippen LogP contribution in [0.2, 0.25) is 0 Å². The van der Waals surface area contributed by atoms with Crippen molar-refractivity contribution in [3.63, 3.8) is 0 Å². The zero-order valence-electron chi connectivity index (χ0n) is 15.5. The molecule has 0 aromatic carbocycles. The summed E-state index contributed by atoms with van der Waals surface area (Å²) in [5, 5.41) is 3.33. The third-order valence-electron chi connectivity index (χ3n) is 5.22. The summed E-state index contributed by atoms with van der Waals surface area (Å²) in [5.41, 5.74) is 6.25. The number of hydrogen-bond donors (Lipinski definition) is 2. The lowest BCUT2D eigenvalue weighted by atomic mass is 9.78. The quantitative estimate of drug-likeness (QED) is 0.601. The summed E-state index contributed by atoms with van der Waals surface area (Å²) in [7, 11) is 0. The molecule has 2 saturated heterocycles. The lowest BCUT2D eigenvalue weighted by Gasteiger charge is -2.39. The van der Waals surface area contributed by atoms with Gasteiger partial charge in [-0.2, -0.15) is 0 Å². The van der Waals surface area contributed by atoms with Crippen LogP contribution in [0.5, 0.6) is 0 Å². The van der Waals surface area contributed by atoms with E-state index in [0.29, 0.717) is 17.9 Å². The Morgan fingerprint density at radius 3 is 2.78 bits per heavy atom. The summed E-state index contributed by atoms with van der Waals surface area (Å²) in [6.07, 6.45) is 5.15. The van der Waals surface area contributed by atoms with E-state index in [0.717, 1.165) is 32.7 Å². The molecule has 0 amide bonds. The van der Waals surface area contributed by atoms with Gasteiger partial charge in [0.1, 0.15) is 0 Å². The van der Waals surface area contributed by atoms with E-state index in [1.165, 1.54) is 25.8 Å². The number of nitrogens with zero attached hydrogens (tertiary/aromatic N) is 2. The topological polar surface area (TPSA) is 62.9 Å². The second-order valence-corrected chi connectivity index (χ2v) is 8.09. The predicted octanol–water partition coefficient (Wildman–Crippen LogP) is 2.22. The molecule has 0 saturated carbocycles. The summed E-state index contributed by atoms with van der Waals surface area (Å²) in [6, 6.07) is 0.606. The van der Waals surface area contributed by atoms with Gasteiger partial charge in [0.15, 0.2) is 5.96 Å². The molecule has 2 aliphatic heterocycles. The standard InChI is InChI=1S/C18H36N4O/c1-5-22-10-6-9-15(22)13-21-17(19)20-12-14-8-7-11-23-16(14)18(2,3)4/h14-16H,5-13H2,1-4H3,(H3,19,20,21). The Labute approximate surface area is 142 Å². The van der Waals surface area contributed by atoms with Gasteiger partial charge in [0, 0.05) is 31.7 Å². The Morgan fingerprint density at radius 2 is 2.09 bits per heavy atom. The molecule has 0 radical (unpaired) electrons. The first-order valence-corrected chi connectivity index (χ1v) is 9.31. The fourth-order valence-corrected chi connectivity index (χ4v) is 4.02. The Morgan fingerprint density at radius 1 is 1.30 bits per heavy atom. The van der Waals surface area contributed by atoms with Crippen molar-refractivity contribution in [3.05, 3.63) is 0 Å². The molecule has 2 rings (SSSR count). The van der Waals surface area contributed by atoms with Crippen LogP contribution >= 0.6 is 0 Å². The number of nitrogens with two attached hydrogens (primary N) is 1. The maximum Gasteiger partial charge on any atom is 0.188 e. The van der Waals surface area contributed by atoms with Gasteiger partial charge in [0.2, 0.25) is 0 Å². The van der Waals surface area contributed by atoms with Gasteiger partial charge in [0.25, 0.3) is 0 Å². The molecule has 0 aromatic heterocycles. The van der Waals surface area contributed by atoms with E-state index in [9.17, 15) is 0 Å². The van der Waals surface area contributed by atoms with Crippen molar-refractivity contribution in [1.82, 2.24) is 10.2 Å². The Hall–Kier alpha value is -0.810. The minimum absolute atomic E-state index is 0.161. The third-order valence-corrected chi connectivity index (χ3v) is 5.22. The van der Waals surface area contributed by atoms with E-state index in [-0.39, 0.29) is 11.5 Å². The van der Waals surface area contributed by atoms with Crippen molar-refractivity contribution in [2.75, 3.05) is 32.8 Å². The molecule has 0 spiro atoms. The first-order chi connectivity index (χ1) is 10.9. The molecule has 0 bridgehead atoms. The number of likely N-dealkylation sites (N-methyl/N-ethyl adjacent to an activating group) is 1. The molecule has 2 fully saturated rings. The highest BCUT2D eigenvalue weighted by molar-refractivity contribution is 5.77. The summed E-state index contributed by atoms with van der Waals surface area (Å²) < 4.78 is 6.02. The number of ether oxygens (including phenoxy) is 1. The van der Waals surface area contributed by atoms with Crippen LogP contribution in [0.1, 0.15) is 53.4 Å². The average Bonchev–Trinajstić information content (AvgIpc) is 2.97. The van der Waals surface area contributed by atoms with E-state index >= 15 is 0 Å². The van der Waals surface area contributed by atoms with Crippen LogP contribution in [-0.2, 0) is 4.74 Å². The van der Waals surface area contributed by atoms with Gasteiger partial charge in [-0.25, -0.2) is 0 Å². The molecule has 3 atom stereocenters. The molecule has 134 valence electrons. The van der Waals surface area contributed by atoms with Crippen molar-refractivity contribution < 1.29 is 4.74 Å². The fourth-order valence-electron chi connectivity index (χ4n) is 4.02. The number of hydrogen-bond acceptors (Lipinski definition) is 3. The Balaban J connectivity index is 1.81. The van der Waals surface area contributed by atoms with Gasteiger partial charge in [-0.3, -0.25) is 9.89 Å². The molecule has 0 aromatic rings. The van der Waals surface area contributed by atoms with E-state index in [2.05, 4.69) is 42.9 Å². The average molecular weight is 325 g/mol. The number of rotatable bonds is 5. The second kappa shape index (κ2) is 8.34. The summed E-state index contributed by atoms with van der Waals surface area (Å²) >= 11 is 0. The van der Waals surface area contributed by atoms with Crippen LogP contribution in [0.15, 0.2) is 4.99 Å². The highest BCUT2D eigenvalue weighted by atomic mass is 16.5. The Kier molecular flexibility index (Phi) is 6.72. The maximum absolute atomic E-state index is 6.09. The van der Waals surface area contributed by atoms with Crippen molar-refractivity contribution in [2.45, 2.75) is 65.5 Å². The third kappa shape index (κ3) is 5.35. The SMILES string of the molecule is CCN1CCCC1CNC(N)=NCC1CCCOC1C(C)(C)C. The smallest absolute Gasteiger partial charge is 0.188 e. The van der Waals surface area contributed by atoms with Gasteiger partial charge >= 0.3 is 0 Å². The lowest BCUT2D eigenvalue weighted by Crippen LogP contribution is -2.44. The van der Waals surface area contributed by atoms with Crippen LogP contribution in [0.4, 0.5) is 0 Å². The van der Waals surface area contributed by atoms with Crippen molar-refractivity contribution >= 4 is 5.96 Å². The molecule has 3 N–H and O–H groups in total. The van der Waals surface area contributed by atoms with E-state index in [4.69, 9.17) is 10.5 Å². The van der Waals surface area contributed by atoms with E-state index in [1.807, 2.05) is 0 Å². The van der Waals surface area contributed by atoms with Gasteiger partial charge in [-0.1, -0.05) is 27.7 Å². The predicted molar refractivity (Wildman–Crippen MR) is 96.7 cm³/mol. The van der Waals surface area contributed by atoms with Gasteiger partial charge in [0.05, 0.1) is 6.10 Å².